The Hall–Kier alpha value is -1.06. The van der Waals surface area contributed by atoms with E-state index in [1.807, 2.05) is 32.0 Å². The van der Waals surface area contributed by atoms with E-state index in [1.165, 1.54) is 0 Å². The van der Waals surface area contributed by atoms with Gasteiger partial charge in [0.2, 0.25) is 0 Å². The van der Waals surface area contributed by atoms with Gasteiger partial charge in [-0.25, -0.2) is 5.90 Å². The second-order valence-electron chi connectivity index (χ2n) is 2.94. The van der Waals surface area contributed by atoms with Crippen LogP contribution in [0.5, 0.6) is 5.75 Å². The van der Waals surface area contributed by atoms with E-state index in [0.29, 0.717) is 13.2 Å². The molecule has 1 aromatic carbocycles. The number of hydrogen-bond acceptors (Lipinski definition) is 3. The molecule has 0 spiro atoms. The van der Waals surface area contributed by atoms with E-state index < -0.39 is 0 Å². The van der Waals surface area contributed by atoms with Crippen LogP contribution in [0.2, 0.25) is 0 Å². The van der Waals surface area contributed by atoms with Crippen LogP contribution in [-0.4, -0.2) is 13.2 Å². The first-order chi connectivity index (χ1) is 6.25. The topological polar surface area (TPSA) is 44.5 Å². The number of hydrogen-bond donors (Lipinski definition) is 1. The molecule has 3 nitrogen and oxygen atoms in total. The van der Waals surface area contributed by atoms with Crippen molar-refractivity contribution in [3.63, 3.8) is 0 Å². The highest BCUT2D eigenvalue weighted by Crippen LogP contribution is 2.21. The van der Waals surface area contributed by atoms with Gasteiger partial charge in [0.25, 0.3) is 0 Å². The molecule has 72 valence electrons. The van der Waals surface area contributed by atoms with Crippen LogP contribution in [0.3, 0.4) is 0 Å². The number of para-hydroxylation sites is 1. The summed E-state index contributed by atoms with van der Waals surface area (Å²) in [6.45, 7) is 4.94. The Morgan fingerprint density at radius 1 is 1.15 bits per heavy atom. The van der Waals surface area contributed by atoms with Gasteiger partial charge < -0.3 is 9.57 Å². The van der Waals surface area contributed by atoms with Crippen molar-refractivity contribution in [2.24, 2.45) is 5.90 Å². The molecule has 0 aromatic heterocycles. The maximum atomic E-state index is 5.50. The molecule has 3 heteroatoms. The van der Waals surface area contributed by atoms with Gasteiger partial charge in [-0.2, -0.15) is 0 Å². The zero-order valence-electron chi connectivity index (χ0n) is 8.04. The van der Waals surface area contributed by atoms with Gasteiger partial charge in [0, 0.05) is 0 Å². The van der Waals surface area contributed by atoms with Gasteiger partial charge in [0.05, 0.1) is 0 Å². The lowest BCUT2D eigenvalue weighted by atomic mass is 10.1. The van der Waals surface area contributed by atoms with Crippen LogP contribution in [0.1, 0.15) is 11.1 Å². The molecule has 0 aliphatic rings. The molecule has 0 saturated carbocycles. The molecule has 0 unspecified atom stereocenters. The third-order valence-electron chi connectivity index (χ3n) is 1.86. The number of aryl methyl sites for hydroxylation is 2. The SMILES string of the molecule is Cc1cccc(C)c1OCCON. The quantitative estimate of drug-likeness (QED) is 0.566. The Labute approximate surface area is 78.4 Å². The second kappa shape index (κ2) is 4.84. The smallest absolute Gasteiger partial charge is 0.125 e. The van der Waals surface area contributed by atoms with Crippen LogP contribution in [-0.2, 0) is 4.84 Å². The molecule has 0 heterocycles. The maximum Gasteiger partial charge on any atom is 0.125 e. The first-order valence-corrected chi connectivity index (χ1v) is 4.26. The molecule has 1 aromatic rings. The normalized spacial score (nSPS) is 10.1. The van der Waals surface area contributed by atoms with Crippen molar-refractivity contribution in [1.82, 2.24) is 0 Å². The van der Waals surface area contributed by atoms with Gasteiger partial charge in [-0.3, -0.25) is 0 Å². The van der Waals surface area contributed by atoms with E-state index in [2.05, 4.69) is 4.84 Å². The number of benzene rings is 1. The van der Waals surface area contributed by atoms with Crippen molar-refractivity contribution in [3.8, 4) is 5.75 Å². The molecule has 13 heavy (non-hydrogen) atoms. The number of rotatable bonds is 4. The predicted octanol–water partition coefficient (Wildman–Crippen LogP) is 1.57. The van der Waals surface area contributed by atoms with E-state index in [1.54, 1.807) is 0 Å². The van der Waals surface area contributed by atoms with Crippen molar-refractivity contribution in [1.29, 1.82) is 0 Å². The minimum atomic E-state index is 0.410. The molecule has 0 atom stereocenters. The van der Waals surface area contributed by atoms with Crippen LogP contribution in [0, 0.1) is 13.8 Å². The summed E-state index contributed by atoms with van der Waals surface area (Å²) in [4.78, 5) is 4.42. The molecule has 0 fully saturated rings. The summed E-state index contributed by atoms with van der Waals surface area (Å²) in [5.74, 6) is 5.82. The van der Waals surface area contributed by atoms with Crippen LogP contribution in [0.4, 0.5) is 0 Å². The number of ether oxygens (including phenoxy) is 1. The fourth-order valence-electron chi connectivity index (χ4n) is 1.22. The van der Waals surface area contributed by atoms with Crippen molar-refractivity contribution in [2.75, 3.05) is 13.2 Å². The highest BCUT2D eigenvalue weighted by atomic mass is 16.6. The minimum absolute atomic E-state index is 0.410. The third kappa shape index (κ3) is 2.72. The lowest BCUT2D eigenvalue weighted by molar-refractivity contribution is 0.101. The first-order valence-electron chi connectivity index (χ1n) is 4.26. The van der Waals surface area contributed by atoms with Crippen molar-refractivity contribution in [3.05, 3.63) is 29.3 Å². The summed E-state index contributed by atoms with van der Waals surface area (Å²) < 4.78 is 5.50. The molecular formula is C10H15NO2. The largest absolute Gasteiger partial charge is 0.491 e. The standard InChI is InChI=1S/C10H15NO2/c1-8-4-3-5-9(2)10(8)12-6-7-13-11/h3-5H,6-7,11H2,1-2H3. The molecule has 0 amide bonds. The summed E-state index contributed by atoms with van der Waals surface area (Å²) in [6.07, 6.45) is 0. The fraction of sp³-hybridized carbons (Fsp3) is 0.400. The average Bonchev–Trinajstić information content (AvgIpc) is 2.10. The Kier molecular flexibility index (Phi) is 3.73. The minimum Gasteiger partial charge on any atom is -0.491 e. The molecular weight excluding hydrogens is 166 g/mol. The van der Waals surface area contributed by atoms with Gasteiger partial charge in [-0.05, 0) is 25.0 Å². The van der Waals surface area contributed by atoms with Crippen LogP contribution >= 0.6 is 0 Å². The molecule has 0 radical (unpaired) electrons. The molecule has 1 rings (SSSR count). The Balaban J connectivity index is 2.64. The van der Waals surface area contributed by atoms with E-state index in [4.69, 9.17) is 10.6 Å². The highest BCUT2D eigenvalue weighted by molar-refractivity contribution is 5.39. The Bertz CT molecular complexity index is 253. The van der Waals surface area contributed by atoms with Crippen LogP contribution in [0.15, 0.2) is 18.2 Å². The lowest BCUT2D eigenvalue weighted by Crippen LogP contribution is -2.11. The molecule has 0 aliphatic carbocycles. The lowest BCUT2D eigenvalue weighted by Gasteiger charge is -2.10. The Morgan fingerprint density at radius 3 is 2.31 bits per heavy atom. The van der Waals surface area contributed by atoms with Gasteiger partial charge in [-0.15, -0.1) is 0 Å². The van der Waals surface area contributed by atoms with E-state index in [0.717, 1.165) is 16.9 Å². The van der Waals surface area contributed by atoms with Gasteiger partial charge in [-0.1, -0.05) is 18.2 Å². The van der Waals surface area contributed by atoms with Gasteiger partial charge >= 0.3 is 0 Å². The Morgan fingerprint density at radius 2 is 1.77 bits per heavy atom. The number of nitrogens with two attached hydrogens (primary N) is 1. The summed E-state index contributed by atoms with van der Waals surface area (Å²) in [6, 6.07) is 6.05. The summed E-state index contributed by atoms with van der Waals surface area (Å²) >= 11 is 0. The maximum absolute atomic E-state index is 5.50. The van der Waals surface area contributed by atoms with Gasteiger partial charge in [0.15, 0.2) is 0 Å². The molecule has 0 bridgehead atoms. The first kappa shape index (κ1) is 10.0. The summed E-state index contributed by atoms with van der Waals surface area (Å²) in [5.41, 5.74) is 2.27. The fourth-order valence-corrected chi connectivity index (χ4v) is 1.22. The van der Waals surface area contributed by atoms with E-state index in [9.17, 15) is 0 Å². The predicted molar refractivity (Wildman–Crippen MR) is 51.6 cm³/mol. The van der Waals surface area contributed by atoms with E-state index >= 15 is 0 Å². The third-order valence-corrected chi connectivity index (χ3v) is 1.86. The summed E-state index contributed by atoms with van der Waals surface area (Å²) in [7, 11) is 0. The average molecular weight is 181 g/mol. The van der Waals surface area contributed by atoms with Crippen LogP contribution < -0.4 is 10.6 Å². The molecule has 2 N–H and O–H groups in total. The highest BCUT2D eigenvalue weighted by Gasteiger charge is 2.01. The van der Waals surface area contributed by atoms with Crippen molar-refractivity contribution < 1.29 is 9.57 Å². The van der Waals surface area contributed by atoms with Crippen LogP contribution in [0.25, 0.3) is 0 Å². The monoisotopic (exact) mass is 181 g/mol. The van der Waals surface area contributed by atoms with Gasteiger partial charge in [0.1, 0.15) is 19.0 Å². The second-order valence-corrected chi connectivity index (χ2v) is 2.94. The van der Waals surface area contributed by atoms with Crippen molar-refractivity contribution >= 4 is 0 Å². The molecule has 0 saturated heterocycles. The van der Waals surface area contributed by atoms with E-state index in [-0.39, 0.29) is 0 Å². The molecule has 0 aliphatic heterocycles. The zero-order valence-corrected chi connectivity index (χ0v) is 8.04. The van der Waals surface area contributed by atoms with Crippen molar-refractivity contribution in [2.45, 2.75) is 13.8 Å². The zero-order chi connectivity index (χ0) is 9.68. The summed E-state index contributed by atoms with van der Waals surface area (Å²) in [5, 5.41) is 0.